The average Bonchev–Trinajstić information content (AvgIpc) is 4.07. The van der Waals surface area contributed by atoms with Gasteiger partial charge in [0.1, 0.15) is 0 Å². The van der Waals surface area contributed by atoms with Gasteiger partial charge in [-0.05, 0) is 0 Å². The van der Waals surface area contributed by atoms with Crippen LogP contribution in [0.5, 0.6) is 0 Å². The molecule has 4 saturated carbocycles. The van der Waals surface area contributed by atoms with E-state index in [4.69, 9.17) is 0 Å². The molecule has 10 heterocycles. The molecule has 0 aromatic heterocycles. The second-order valence-electron chi connectivity index (χ2n) is 22.7. The molecule has 4 unspecified atom stereocenters. The first-order chi connectivity index (χ1) is 22.9. The Bertz CT molecular complexity index is 1890. The number of fused-ring (bicyclic) bond motifs is 10. The third-order valence-corrected chi connectivity index (χ3v) is 80.4. The van der Waals surface area contributed by atoms with Crippen molar-refractivity contribution < 1.29 is 6.51 Å². The molecule has 15 rings (SSSR count). The second-order valence-corrected chi connectivity index (χ2v) is 52.1. The van der Waals surface area contributed by atoms with Crippen LogP contribution in [0.15, 0.2) is 24.3 Å². The Morgan fingerprint density at radius 3 is 1.45 bits per heavy atom. The fourth-order valence-corrected chi connectivity index (χ4v) is 125. The van der Waals surface area contributed by atoms with Gasteiger partial charge in [-0.25, -0.2) is 0 Å². The van der Waals surface area contributed by atoms with Crippen molar-refractivity contribution in [3.05, 3.63) is 29.8 Å². The number of benzene rings is 1. The molecule has 14 aliphatic rings. The van der Waals surface area contributed by atoms with E-state index in [-0.39, 0.29) is 15.8 Å². The van der Waals surface area contributed by atoms with Gasteiger partial charge in [-0.2, -0.15) is 0 Å². The van der Waals surface area contributed by atoms with E-state index in [2.05, 4.69) is 43.3 Å². The van der Waals surface area contributed by atoms with Crippen LogP contribution < -0.4 is 5.30 Å². The van der Waals surface area contributed by atoms with Crippen molar-refractivity contribution in [2.24, 2.45) is 0 Å². The Morgan fingerprint density at radius 1 is 0.574 bits per heavy atom. The number of hydrogen-bond donors (Lipinski definition) is 0. The normalized spacial score (nSPS) is 62.8. The first-order valence-corrected chi connectivity index (χ1v) is 30.6. The summed E-state index contributed by atoms with van der Waals surface area (Å²) in [6.07, 6.45) is 31.5. The Balaban J connectivity index is 0.959. The molecule has 6 atom stereocenters. The van der Waals surface area contributed by atoms with Gasteiger partial charge >= 0.3 is 280 Å². The molecular formula is C43H63FeNP2. The van der Waals surface area contributed by atoms with Gasteiger partial charge in [0.05, 0.1) is 0 Å². The van der Waals surface area contributed by atoms with Crippen molar-refractivity contribution in [3.8, 4) is 0 Å². The van der Waals surface area contributed by atoms with Crippen LogP contribution in [0.4, 0.5) is 0 Å². The molecule has 10 aliphatic heterocycles. The SMILES string of the molecule is CN(C)[C@@H](c1ccccc1P(C1CCCCC1)C1CCCCC1)[C]12[CH]3[CH]4[CH]5[C@]1(P(C1CCCCC1)C1CCCCC1)[Fe]43521678[CH]2[CH]1[CH]6[CH]7[CH]28. The third-order valence-electron chi connectivity index (χ3n) is 25.6. The fraction of sp³-hybridized carbons (Fsp3) is 0.860. The maximum atomic E-state index is 3.01. The summed E-state index contributed by atoms with van der Waals surface area (Å²) in [7, 11) is 5.47. The van der Waals surface area contributed by atoms with Crippen LogP contribution in [-0.2, 0) is 6.51 Å². The Labute approximate surface area is 279 Å². The van der Waals surface area contributed by atoms with E-state index in [0.717, 1.165) is 25.7 Å². The van der Waals surface area contributed by atoms with E-state index in [1.807, 2.05) is 10.9 Å². The first kappa shape index (κ1) is 27.2. The predicted molar refractivity (Wildman–Crippen MR) is 199 cm³/mol. The van der Waals surface area contributed by atoms with Gasteiger partial charge in [0, 0.05) is 0 Å². The van der Waals surface area contributed by atoms with Crippen molar-refractivity contribution in [3.63, 3.8) is 0 Å². The molecule has 14 fully saturated rings. The zero-order valence-electron chi connectivity index (χ0n) is 29.7. The Hall–Kier alpha value is 0.559. The molecule has 0 amide bonds. The number of nitrogens with zero attached hydrogens (tertiary/aromatic N) is 1. The first-order valence-electron chi connectivity index (χ1n) is 21.5. The minimum atomic E-state index is -3.75. The van der Waals surface area contributed by atoms with E-state index in [0.29, 0.717) is 0 Å². The van der Waals surface area contributed by atoms with Crippen LogP contribution in [0.1, 0.15) is 140 Å². The third kappa shape index (κ3) is 0.959. The van der Waals surface area contributed by atoms with Gasteiger partial charge in [0.15, 0.2) is 0 Å². The van der Waals surface area contributed by atoms with Crippen LogP contribution in [0, 0.1) is 0 Å². The Kier molecular flexibility index (Phi) is 3.04. The molecule has 4 heteroatoms. The van der Waals surface area contributed by atoms with E-state index >= 15 is 0 Å². The summed E-state index contributed by atoms with van der Waals surface area (Å²) in [6, 6.07) is 11.6. The van der Waals surface area contributed by atoms with Crippen LogP contribution >= 0.6 is 15.8 Å². The Morgan fingerprint density at radius 2 is 1.02 bits per heavy atom. The predicted octanol–water partition coefficient (Wildman–Crippen LogP) is 12.9. The monoisotopic (exact) mass is 711 g/mol. The molecule has 0 bridgehead atoms. The summed E-state index contributed by atoms with van der Waals surface area (Å²) in [5.41, 5.74) is 6.43. The molecule has 10 saturated heterocycles. The molecular weight excluding hydrogens is 648 g/mol. The molecule has 258 valence electrons. The molecule has 1 spiro atoms. The van der Waals surface area contributed by atoms with Crippen molar-refractivity contribution in [2.75, 3.05) is 14.1 Å². The zero-order chi connectivity index (χ0) is 30.7. The molecule has 47 heavy (non-hydrogen) atoms. The number of rotatable bonds is 9. The molecule has 1 aromatic carbocycles. The van der Waals surface area contributed by atoms with Gasteiger partial charge in [0.2, 0.25) is 0 Å². The molecule has 0 N–H and O–H groups in total. The van der Waals surface area contributed by atoms with Crippen molar-refractivity contribution in [1.82, 2.24) is 4.90 Å². The van der Waals surface area contributed by atoms with Crippen LogP contribution in [0.2, 0.25) is 42.8 Å². The summed E-state index contributed by atoms with van der Waals surface area (Å²) in [4.78, 5) is 14.4. The van der Waals surface area contributed by atoms with Crippen LogP contribution in [-0.4, -0.2) is 45.7 Å². The summed E-state index contributed by atoms with van der Waals surface area (Å²) < 4.78 is 1.93. The standard InChI is InChI=1S/C38H58NP2.C5H5.Fe/c1-39(2)38(35-27-17-29-37(35)41(32-22-11-5-12-23-32)33-24-13-6-14-25-33)34-26-15-16-28-36(34)40(30-18-7-3-8-19-30)31-20-9-4-10-21-31;1-2-4-5-3-1;/h15-17,26-33,38H,3-14,18-25H2,1-2H3;1-5H;/t38-;;/m0../s1. The molecule has 1 nitrogen and oxygen atoms in total. The van der Waals surface area contributed by atoms with Gasteiger partial charge in [-0.1, -0.05) is 0 Å². The van der Waals surface area contributed by atoms with E-state index in [9.17, 15) is 0 Å². The topological polar surface area (TPSA) is 3.24 Å². The summed E-state index contributed by atoms with van der Waals surface area (Å²) in [5.74, 6) is 0. The minimum absolute atomic E-state index is 0.0476. The van der Waals surface area contributed by atoms with Gasteiger partial charge in [0.25, 0.3) is 0 Å². The van der Waals surface area contributed by atoms with Crippen molar-refractivity contribution in [1.29, 1.82) is 0 Å². The quantitative estimate of drug-likeness (QED) is 0.182. The summed E-state index contributed by atoms with van der Waals surface area (Å²) >= 11 is 0. The van der Waals surface area contributed by atoms with Gasteiger partial charge in [-0.15, -0.1) is 0 Å². The van der Waals surface area contributed by atoms with E-state index in [1.165, 1.54) is 88.4 Å². The second kappa shape index (κ2) is 5.26. The van der Waals surface area contributed by atoms with E-state index < -0.39 is 6.51 Å². The van der Waals surface area contributed by atoms with Crippen LogP contribution in [0.3, 0.4) is 0 Å². The van der Waals surface area contributed by atoms with Crippen molar-refractivity contribution >= 4 is 21.1 Å². The summed E-state index contributed by atoms with van der Waals surface area (Å²) in [6.45, 7) is -3.75. The molecule has 4 aliphatic carbocycles. The fourth-order valence-electron chi connectivity index (χ4n) is 26.9. The van der Waals surface area contributed by atoms with Gasteiger partial charge in [-0.3, -0.25) is 0 Å². The number of hydrogen-bond acceptors (Lipinski definition) is 1. The van der Waals surface area contributed by atoms with E-state index in [1.54, 1.807) is 89.9 Å². The molecule has 1 aromatic rings. The maximum absolute atomic E-state index is 3.75. The van der Waals surface area contributed by atoms with Crippen LogP contribution in [0.25, 0.3) is 0 Å². The summed E-state index contributed by atoms with van der Waals surface area (Å²) in [5, 5.41) is 2.01. The zero-order valence-corrected chi connectivity index (χ0v) is 32.5. The molecule has 0 radical (unpaired) electrons. The average molecular weight is 712 g/mol. The van der Waals surface area contributed by atoms with Crippen molar-refractivity contribution in [2.45, 2.75) is 204 Å². The van der Waals surface area contributed by atoms with Gasteiger partial charge < -0.3 is 0 Å².